The predicted octanol–water partition coefficient (Wildman–Crippen LogP) is 2.00. The van der Waals surface area contributed by atoms with Gasteiger partial charge in [0.15, 0.2) is 0 Å². The fraction of sp³-hybridized carbons (Fsp3) is 0.438. The highest BCUT2D eigenvalue weighted by atomic mass is 16.2. The molecule has 2 aromatic rings. The Hall–Kier alpha value is -2.17. The van der Waals surface area contributed by atoms with Gasteiger partial charge < -0.3 is 9.80 Å². The molecule has 1 atom stereocenters. The van der Waals surface area contributed by atoms with Gasteiger partial charge in [-0.3, -0.25) is 4.79 Å². The van der Waals surface area contributed by atoms with E-state index < -0.39 is 0 Å². The van der Waals surface area contributed by atoms with Gasteiger partial charge >= 0.3 is 0 Å². The van der Waals surface area contributed by atoms with Crippen molar-refractivity contribution in [2.24, 2.45) is 0 Å². The molecule has 1 unspecified atom stereocenters. The van der Waals surface area contributed by atoms with Gasteiger partial charge in [0.05, 0.1) is 11.2 Å². The average molecular weight is 284 g/mol. The number of nitrogens with zero attached hydrogens (tertiary/aromatic N) is 4. The van der Waals surface area contributed by atoms with Crippen LogP contribution in [0.2, 0.25) is 0 Å². The molecule has 1 aromatic carbocycles. The maximum Gasteiger partial charge on any atom is 0.244 e. The van der Waals surface area contributed by atoms with Crippen molar-refractivity contribution < 1.29 is 4.79 Å². The zero-order valence-corrected chi connectivity index (χ0v) is 12.7. The van der Waals surface area contributed by atoms with Crippen molar-refractivity contribution in [1.82, 2.24) is 14.9 Å². The SMILES string of the molecule is Cc1nc(N2CCCC2C(=O)N(C)C)nc2ccccc12. The van der Waals surface area contributed by atoms with Crippen LogP contribution >= 0.6 is 0 Å². The Morgan fingerprint density at radius 3 is 2.81 bits per heavy atom. The minimum atomic E-state index is -0.138. The lowest BCUT2D eigenvalue weighted by Crippen LogP contribution is -2.43. The molecule has 2 heterocycles. The number of benzene rings is 1. The molecule has 3 rings (SSSR count). The van der Waals surface area contributed by atoms with E-state index in [4.69, 9.17) is 0 Å². The lowest BCUT2D eigenvalue weighted by atomic mass is 10.2. The third kappa shape index (κ3) is 2.44. The lowest BCUT2D eigenvalue weighted by molar-refractivity contribution is -0.129. The van der Waals surface area contributed by atoms with E-state index in [1.54, 1.807) is 19.0 Å². The number of rotatable bonds is 2. The first-order valence-corrected chi connectivity index (χ1v) is 7.29. The van der Waals surface area contributed by atoms with Crippen LogP contribution < -0.4 is 4.90 Å². The van der Waals surface area contributed by atoms with Crippen LogP contribution in [0.25, 0.3) is 10.9 Å². The number of fused-ring (bicyclic) bond motifs is 1. The van der Waals surface area contributed by atoms with Gasteiger partial charge in [-0.2, -0.15) is 0 Å². The van der Waals surface area contributed by atoms with Gasteiger partial charge in [-0.25, -0.2) is 9.97 Å². The molecule has 1 aliphatic heterocycles. The third-order valence-electron chi connectivity index (χ3n) is 4.02. The smallest absolute Gasteiger partial charge is 0.244 e. The van der Waals surface area contributed by atoms with Crippen LogP contribution in [0.1, 0.15) is 18.5 Å². The minimum Gasteiger partial charge on any atom is -0.347 e. The molecule has 110 valence electrons. The quantitative estimate of drug-likeness (QED) is 0.846. The van der Waals surface area contributed by atoms with E-state index in [9.17, 15) is 4.79 Å². The molecule has 1 fully saturated rings. The molecule has 0 spiro atoms. The number of likely N-dealkylation sites (N-methyl/N-ethyl adjacent to an activating group) is 1. The lowest BCUT2D eigenvalue weighted by Gasteiger charge is -2.26. The van der Waals surface area contributed by atoms with E-state index in [2.05, 4.69) is 9.97 Å². The second-order valence-corrected chi connectivity index (χ2v) is 5.71. The largest absolute Gasteiger partial charge is 0.347 e. The van der Waals surface area contributed by atoms with Crippen LogP contribution in [-0.2, 0) is 4.79 Å². The van der Waals surface area contributed by atoms with Gasteiger partial charge in [0.2, 0.25) is 11.9 Å². The van der Waals surface area contributed by atoms with Crippen LogP contribution in [-0.4, -0.2) is 47.5 Å². The van der Waals surface area contributed by atoms with Gasteiger partial charge in [0.1, 0.15) is 6.04 Å². The topological polar surface area (TPSA) is 49.3 Å². The number of carbonyl (C=O) groups is 1. The Balaban J connectivity index is 2.01. The first kappa shape index (κ1) is 13.8. The molecule has 1 saturated heterocycles. The van der Waals surface area contributed by atoms with Crippen molar-refractivity contribution in [3.8, 4) is 0 Å². The Bertz CT molecular complexity index is 683. The predicted molar refractivity (Wildman–Crippen MR) is 83.3 cm³/mol. The number of aromatic nitrogens is 2. The summed E-state index contributed by atoms with van der Waals surface area (Å²) in [5.74, 6) is 0.797. The third-order valence-corrected chi connectivity index (χ3v) is 4.02. The number of hydrogen-bond donors (Lipinski definition) is 0. The zero-order valence-electron chi connectivity index (χ0n) is 12.7. The molecule has 21 heavy (non-hydrogen) atoms. The summed E-state index contributed by atoms with van der Waals surface area (Å²) in [6.45, 7) is 2.83. The second-order valence-electron chi connectivity index (χ2n) is 5.71. The summed E-state index contributed by atoms with van der Waals surface area (Å²) < 4.78 is 0. The normalized spacial score (nSPS) is 18.2. The molecule has 1 amide bonds. The molecule has 5 nitrogen and oxygen atoms in total. The maximum atomic E-state index is 12.3. The van der Waals surface area contributed by atoms with Gasteiger partial charge in [-0.1, -0.05) is 18.2 Å². The summed E-state index contributed by atoms with van der Waals surface area (Å²) in [5.41, 5.74) is 1.89. The van der Waals surface area contributed by atoms with E-state index in [0.717, 1.165) is 36.0 Å². The minimum absolute atomic E-state index is 0.127. The van der Waals surface area contributed by atoms with Crippen LogP contribution in [0, 0.1) is 6.92 Å². The van der Waals surface area contributed by atoms with Crippen LogP contribution in [0.5, 0.6) is 0 Å². The van der Waals surface area contributed by atoms with E-state index >= 15 is 0 Å². The van der Waals surface area contributed by atoms with E-state index in [1.807, 2.05) is 36.1 Å². The summed E-state index contributed by atoms with van der Waals surface area (Å²) >= 11 is 0. The van der Waals surface area contributed by atoms with E-state index in [1.165, 1.54) is 0 Å². The van der Waals surface area contributed by atoms with Crippen molar-refractivity contribution in [1.29, 1.82) is 0 Å². The molecule has 0 bridgehead atoms. The highest BCUT2D eigenvalue weighted by molar-refractivity contribution is 5.86. The number of amides is 1. The van der Waals surface area contributed by atoms with Crippen molar-refractivity contribution in [3.05, 3.63) is 30.0 Å². The van der Waals surface area contributed by atoms with Crippen LogP contribution in [0.15, 0.2) is 24.3 Å². The van der Waals surface area contributed by atoms with Crippen molar-refractivity contribution in [2.45, 2.75) is 25.8 Å². The number of hydrogen-bond acceptors (Lipinski definition) is 4. The fourth-order valence-corrected chi connectivity index (χ4v) is 2.91. The Morgan fingerprint density at radius 1 is 1.29 bits per heavy atom. The van der Waals surface area contributed by atoms with Gasteiger partial charge in [0, 0.05) is 26.0 Å². The molecular weight excluding hydrogens is 264 g/mol. The number of carbonyl (C=O) groups excluding carboxylic acids is 1. The fourth-order valence-electron chi connectivity index (χ4n) is 2.91. The molecule has 0 saturated carbocycles. The van der Waals surface area contributed by atoms with Gasteiger partial charge in [0.25, 0.3) is 0 Å². The summed E-state index contributed by atoms with van der Waals surface area (Å²) in [6.07, 6.45) is 1.87. The average Bonchev–Trinajstić information content (AvgIpc) is 2.95. The van der Waals surface area contributed by atoms with E-state index in [0.29, 0.717) is 5.95 Å². The standard InChI is InChI=1S/C16H20N4O/c1-11-12-7-4-5-8-13(12)18-16(17-11)20-10-6-9-14(20)15(21)19(2)3/h4-5,7-8,14H,6,9-10H2,1-3H3. The molecule has 0 aliphatic carbocycles. The molecule has 5 heteroatoms. The summed E-state index contributed by atoms with van der Waals surface area (Å²) in [6, 6.07) is 7.85. The molecule has 0 radical (unpaired) electrons. The summed E-state index contributed by atoms with van der Waals surface area (Å²) in [5, 5.41) is 1.07. The second kappa shape index (κ2) is 5.31. The van der Waals surface area contributed by atoms with Gasteiger partial charge in [-0.05, 0) is 25.8 Å². The molecular formula is C16H20N4O. The first-order chi connectivity index (χ1) is 10.1. The van der Waals surface area contributed by atoms with Crippen LogP contribution in [0.4, 0.5) is 5.95 Å². The summed E-state index contributed by atoms with van der Waals surface area (Å²) in [7, 11) is 3.59. The molecule has 1 aliphatic rings. The Labute approximate surface area is 124 Å². The van der Waals surface area contributed by atoms with Crippen LogP contribution in [0.3, 0.4) is 0 Å². The number of para-hydroxylation sites is 1. The highest BCUT2D eigenvalue weighted by Crippen LogP contribution is 2.26. The van der Waals surface area contributed by atoms with E-state index in [-0.39, 0.29) is 11.9 Å². The van der Waals surface area contributed by atoms with Gasteiger partial charge in [-0.15, -0.1) is 0 Å². The Kier molecular flexibility index (Phi) is 3.49. The first-order valence-electron chi connectivity index (χ1n) is 7.29. The molecule has 0 N–H and O–H groups in total. The Morgan fingerprint density at radius 2 is 2.05 bits per heavy atom. The summed E-state index contributed by atoms with van der Waals surface area (Å²) in [4.78, 5) is 25.3. The van der Waals surface area contributed by atoms with Crippen molar-refractivity contribution in [2.75, 3.05) is 25.5 Å². The number of aryl methyl sites for hydroxylation is 1. The number of anilines is 1. The highest BCUT2D eigenvalue weighted by Gasteiger charge is 2.33. The zero-order chi connectivity index (χ0) is 15.0. The molecule has 1 aromatic heterocycles. The maximum absolute atomic E-state index is 12.3. The monoisotopic (exact) mass is 284 g/mol. The van der Waals surface area contributed by atoms with Crippen molar-refractivity contribution in [3.63, 3.8) is 0 Å². The van der Waals surface area contributed by atoms with Crippen molar-refractivity contribution >= 4 is 22.8 Å².